The monoisotopic (exact) mass is 488 g/mol. The number of thiazole rings is 1. The van der Waals surface area contributed by atoms with Gasteiger partial charge in [-0.15, -0.1) is 0 Å². The number of carbonyl (C=O) groups is 1. The Morgan fingerprint density at radius 2 is 1.88 bits per heavy atom. The highest BCUT2D eigenvalue weighted by Gasteiger charge is 2.30. The minimum absolute atomic E-state index is 0.254. The van der Waals surface area contributed by atoms with Crippen molar-refractivity contribution in [2.75, 3.05) is 4.90 Å². The van der Waals surface area contributed by atoms with E-state index in [1.54, 1.807) is 24.1 Å². The molecule has 0 saturated carbocycles. The second kappa shape index (κ2) is 9.00. The maximum atomic E-state index is 14.1. The van der Waals surface area contributed by atoms with E-state index < -0.39 is 0 Å². The Bertz CT molecular complexity index is 1510. The molecule has 0 N–H and O–H groups in total. The Morgan fingerprint density at radius 1 is 1.09 bits per heavy atom. The highest BCUT2D eigenvalue weighted by Crippen LogP contribution is 2.36. The van der Waals surface area contributed by atoms with Crippen LogP contribution in [0.1, 0.15) is 32.9 Å². The predicted octanol–water partition coefficient (Wildman–Crippen LogP) is 6.77. The van der Waals surface area contributed by atoms with E-state index in [4.69, 9.17) is 21.1 Å². The fourth-order valence-electron chi connectivity index (χ4n) is 3.96. The van der Waals surface area contributed by atoms with Gasteiger partial charge in [-0.2, -0.15) is 0 Å². The van der Waals surface area contributed by atoms with Crippen LogP contribution in [-0.4, -0.2) is 21.0 Å². The van der Waals surface area contributed by atoms with Crippen LogP contribution in [0.15, 0.2) is 65.3 Å². The molecule has 0 unspecified atom stereocenters. The van der Waals surface area contributed by atoms with Crippen molar-refractivity contribution in [1.29, 1.82) is 0 Å². The lowest BCUT2D eigenvalue weighted by Crippen LogP contribution is -2.31. The number of aromatic nitrogens is 3. The van der Waals surface area contributed by atoms with Crippen LogP contribution in [0.3, 0.4) is 0 Å². The number of aryl methyl sites for hydroxylation is 3. The van der Waals surface area contributed by atoms with Crippen LogP contribution in [0.5, 0.6) is 0 Å². The lowest BCUT2D eigenvalue weighted by molar-refractivity contribution is 0.0984. The van der Waals surface area contributed by atoms with E-state index in [-0.39, 0.29) is 12.5 Å². The average Bonchev–Trinajstić information content (AvgIpc) is 3.42. The number of benzene rings is 2. The van der Waals surface area contributed by atoms with Crippen molar-refractivity contribution < 1.29 is 9.32 Å². The highest BCUT2D eigenvalue weighted by atomic mass is 35.5. The van der Waals surface area contributed by atoms with Gasteiger partial charge in [0.2, 0.25) is 0 Å². The Balaban J connectivity index is 1.65. The molecule has 3 aromatic heterocycles. The molecule has 0 spiro atoms. The van der Waals surface area contributed by atoms with Gasteiger partial charge in [0.05, 0.1) is 27.5 Å². The smallest absolute Gasteiger partial charge is 0.266 e. The number of rotatable bonds is 5. The van der Waals surface area contributed by atoms with Gasteiger partial charge in [0.25, 0.3) is 5.91 Å². The normalized spacial score (nSPS) is 11.2. The van der Waals surface area contributed by atoms with Gasteiger partial charge in [-0.3, -0.25) is 14.7 Å². The quantitative estimate of drug-likeness (QED) is 0.273. The molecule has 0 aliphatic heterocycles. The number of nitrogens with zero attached hydrogens (tertiary/aromatic N) is 4. The summed E-state index contributed by atoms with van der Waals surface area (Å²) in [4.78, 5) is 25.0. The number of hydrogen-bond donors (Lipinski definition) is 0. The molecule has 5 rings (SSSR count). The molecule has 5 aromatic rings. The first-order chi connectivity index (χ1) is 16.4. The third kappa shape index (κ3) is 4.08. The summed E-state index contributed by atoms with van der Waals surface area (Å²) in [6, 6.07) is 17.1. The number of pyridine rings is 1. The largest absolute Gasteiger partial charge is 0.360 e. The van der Waals surface area contributed by atoms with Crippen LogP contribution in [0, 0.1) is 20.8 Å². The molecule has 8 heteroatoms. The maximum absolute atomic E-state index is 14.1. The Morgan fingerprint density at radius 3 is 2.65 bits per heavy atom. The predicted molar refractivity (Wildman–Crippen MR) is 136 cm³/mol. The minimum atomic E-state index is -0.271. The number of carbonyl (C=O) groups excluding carboxylic acids is 1. The van der Waals surface area contributed by atoms with Crippen LogP contribution in [-0.2, 0) is 6.54 Å². The summed E-state index contributed by atoms with van der Waals surface area (Å²) in [7, 11) is 0. The van der Waals surface area contributed by atoms with Crippen molar-refractivity contribution in [2.45, 2.75) is 27.3 Å². The lowest BCUT2D eigenvalue weighted by atomic mass is 10.0. The van der Waals surface area contributed by atoms with E-state index >= 15 is 0 Å². The van der Waals surface area contributed by atoms with Crippen molar-refractivity contribution in [3.05, 3.63) is 94.0 Å². The van der Waals surface area contributed by atoms with Crippen molar-refractivity contribution in [2.24, 2.45) is 0 Å². The first-order valence-corrected chi connectivity index (χ1v) is 11.9. The highest BCUT2D eigenvalue weighted by molar-refractivity contribution is 7.22. The van der Waals surface area contributed by atoms with Crippen LogP contribution < -0.4 is 4.90 Å². The summed E-state index contributed by atoms with van der Waals surface area (Å²) >= 11 is 7.92. The van der Waals surface area contributed by atoms with E-state index in [1.165, 1.54) is 11.3 Å². The van der Waals surface area contributed by atoms with E-state index in [0.717, 1.165) is 27.0 Å². The number of fused-ring (bicyclic) bond motifs is 1. The fraction of sp³-hybridized carbons (Fsp3) is 0.154. The van der Waals surface area contributed by atoms with Gasteiger partial charge in [-0.05, 0) is 56.2 Å². The first-order valence-electron chi connectivity index (χ1n) is 10.7. The average molecular weight is 489 g/mol. The van der Waals surface area contributed by atoms with Crippen molar-refractivity contribution >= 4 is 44.2 Å². The molecule has 0 fully saturated rings. The molecular weight excluding hydrogens is 468 g/mol. The molecule has 0 saturated heterocycles. The molecule has 0 atom stereocenters. The van der Waals surface area contributed by atoms with Gasteiger partial charge in [-0.1, -0.05) is 58.4 Å². The molecular formula is C26H21ClN4O2S. The zero-order valence-electron chi connectivity index (χ0n) is 18.9. The number of hydrogen-bond acceptors (Lipinski definition) is 6. The van der Waals surface area contributed by atoms with E-state index in [0.29, 0.717) is 32.7 Å². The Labute approximate surface area is 205 Å². The summed E-state index contributed by atoms with van der Waals surface area (Å²) in [6.45, 7) is 6.08. The zero-order valence-corrected chi connectivity index (χ0v) is 20.4. The molecule has 0 aliphatic carbocycles. The molecule has 34 heavy (non-hydrogen) atoms. The minimum Gasteiger partial charge on any atom is -0.360 e. The van der Waals surface area contributed by atoms with Crippen LogP contribution in [0.2, 0.25) is 5.02 Å². The SMILES string of the molecule is Cc1cc(C)c2sc(N(Cc3ccccn3)C(=O)c3c(-c4ccccc4Cl)noc3C)nc2c1. The van der Waals surface area contributed by atoms with Gasteiger partial charge in [0.1, 0.15) is 17.0 Å². The van der Waals surface area contributed by atoms with Gasteiger partial charge < -0.3 is 4.52 Å². The first kappa shape index (κ1) is 22.3. The summed E-state index contributed by atoms with van der Waals surface area (Å²) in [5.41, 5.74) is 5.27. The number of anilines is 1. The van der Waals surface area contributed by atoms with Gasteiger partial charge >= 0.3 is 0 Å². The van der Waals surface area contributed by atoms with Crippen molar-refractivity contribution in [3.63, 3.8) is 0 Å². The maximum Gasteiger partial charge on any atom is 0.266 e. The molecule has 3 heterocycles. The summed E-state index contributed by atoms with van der Waals surface area (Å²) in [5.74, 6) is 0.145. The van der Waals surface area contributed by atoms with Gasteiger partial charge in [0.15, 0.2) is 5.13 Å². The van der Waals surface area contributed by atoms with Gasteiger partial charge in [-0.25, -0.2) is 4.98 Å². The molecule has 0 radical (unpaired) electrons. The molecule has 170 valence electrons. The summed E-state index contributed by atoms with van der Waals surface area (Å²) < 4.78 is 6.52. The molecule has 1 amide bonds. The summed E-state index contributed by atoms with van der Waals surface area (Å²) in [6.07, 6.45) is 1.71. The van der Waals surface area contributed by atoms with Crippen LogP contribution in [0.4, 0.5) is 5.13 Å². The van der Waals surface area contributed by atoms with Crippen molar-refractivity contribution in [3.8, 4) is 11.3 Å². The fourth-order valence-corrected chi connectivity index (χ4v) is 5.19. The summed E-state index contributed by atoms with van der Waals surface area (Å²) in [5, 5.41) is 5.26. The van der Waals surface area contributed by atoms with Crippen molar-refractivity contribution in [1.82, 2.24) is 15.1 Å². The third-order valence-electron chi connectivity index (χ3n) is 5.54. The standard InChI is InChI=1S/C26H21ClN4O2S/c1-15-12-16(2)24-21(13-15)29-26(34-24)31(14-18-8-6-7-11-28-18)25(32)22-17(3)33-30-23(22)19-9-4-5-10-20(19)27/h4-13H,14H2,1-3H3. The van der Waals surface area contributed by atoms with E-state index in [1.807, 2.05) is 49.4 Å². The molecule has 6 nitrogen and oxygen atoms in total. The topological polar surface area (TPSA) is 72.1 Å². The second-order valence-electron chi connectivity index (χ2n) is 8.08. The second-order valence-corrected chi connectivity index (χ2v) is 9.47. The lowest BCUT2D eigenvalue weighted by Gasteiger charge is -2.19. The van der Waals surface area contributed by atoms with Crippen LogP contribution >= 0.6 is 22.9 Å². The third-order valence-corrected chi connectivity index (χ3v) is 7.10. The number of amides is 1. The zero-order chi connectivity index (χ0) is 23.8. The van der Waals surface area contributed by atoms with Gasteiger partial charge in [0, 0.05) is 11.8 Å². The molecule has 0 aliphatic rings. The number of halogens is 1. The Kier molecular flexibility index (Phi) is 5.89. The molecule has 2 aromatic carbocycles. The van der Waals surface area contributed by atoms with E-state index in [9.17, 15) is 4.79 Å². The molecule has 0 bridgehead atoms. The Hall–Kier alpha value is -3.55. The van der Waals surface area contributed by atoms with Crippen LogP contribution in [0.25, 0.3) is 21.5 Å². The van der Waals surface area contributed by atoms with E-state index in [2.05, 4.69) is 23.1 Å².